The molecule has 2 aromatic carbocycles. The van der Waals surface area contributed by atoms with Crippen molar-refractivity contribution < 1.29 is 14.6 Å². The van der Waals surface area contributed by atoms with Gasteiger partial charge < -0.3 is 14.6 Å². The van der Waals surface area contributed by atoms with Gasteiger partial charge in [0.25, 0.3) is 0 Å². The molecule has 0 bridgehead atoms. The maximum atomic E-state index is 9.12. The molecule has 5 heteroatoms. The molecule has 2 aromatic rings. The summed E-state index contributed by atoms with van der Waals surface area (Å²) in [6.07, 6.45) is 0. The number of aliphatic hydroxyl groups excluding tert-OH is 1. The van der Waals surface area contributed by atoms with E-state index in [2.05, 4.69) is 31.9 Å². The average molecular weight is 402 g/mol. The van der Waals surface area contributed by atoms with Crippen LogP contribution in [0.25, 0.3) is 0 Å². The molecule has 106 valence electrons. The molecule has 0 aliphatic carbocycles. The SMILES string of the molecule is OCc1cc(Br)c(OCCOc2ccccc2)c(Br)c1. The summed E-state index contributed by atoms with van der Waals surface area (Å²) in [5.41, 5.74) is 0.816. The maximum Gasteiger partial charge on any atom is 0.147 e. The van der Waals surface area contributed by atoms with Gasteiger partial charge in [-0.3, -0.25) is 0 Å². The summed E-state index contributed by atoms with van der Waals surface area (Å²) < 4.78 is 12.8. The first-order valence-corrected chi connectivity index (χ1v) is 7.68. The molecule has 2 rings (SSSR count). The number of rotatable bonds is 6. The lowest BCUT2D eigenvalue weighted by Crippen LogP contribution is -2.09. The second-order valence-corrected chi connectivity index (χ2v) is 5.77. The van der Waals surface area contributed by atoms with E-state index in [9.17, 15) is 0 Å². The summed E-state index contributed by atoms with van der Waals surface area (Å²) in [7, 11) is 0. The minimum atomic E-state index is -0.00536. The standard InChI is InChI=1S/C15H14Br2O3/c16-13-8-11(10-18)9-14(17)15(13)20-7-6-19-12-4-2-1-3-5-12/h1-5,8-9,18H,6-7,10H2. The first-order valence-electron chi connectivity index (χ1n) is 6.10. The molecule has 3 nitrogen and oxygen atoms in total. The predicted octanol–water partition coefficient (Wildman–Crippen LogP) is 4.16. The van der Waals surface area contributed by atoms with Gasteiger partial charge in [0.05, 0.1) is 15.6 Å². The van der Waals surface area contributed by atoms with Crippen LogP contribution in [0, 0.1) is 0 Å². The number of hydrogen-bond acceptors (Lipinski definition) is 3. The summed E-state index contributed by atoms with van der Waals surface area (Å²) in [5.74, 6) is 1.53. The molecule has 0 fully saturated rings. The molecule has 0 atom stereocenters. The van der Waals surface area contributed by atoms with Crippen molar-refractivity contribution in [1.82, 2.24) is 0 Å². The monoisotopic (exact) mass is 400 g/mol. The van der Waals surface area contributed by atoms with Crippen molar-refractivity contribution in [1.29, 1.82) is 0 Å². The number of hydrogen-bond donors (Lipinski definition) is 1. The van der Waals surface area contributed by atoms with E-state index < -0.39 is 0 Å². The van der Waals surface area contributed by atoms with Crippen LogP contribution >= 0.6 is 31.9 Å². The van der Waals surface area contributed by atoms with E-state index in [4.69, 9.17) is 14.6 Å². The number of halogens is 2. The summed E-state index contributed by atoms with van der Waals surface area (Å²) in [6, 6.07) is 13.3. The predicted molar refractivity (Wildman–Crippen MR) is 85.2 cm³/mol. The molecular formula is C15H14Br2O3. The van der Waals surface area contributed by atoms with Crippen molar-refractivity contribution in [3.05, 3.63) is 57.0 Å². The minimum Gasteiger partial charge on any atom is -0.490 e. The Labute approximate surface area is 134 Å². The van der Waals surface area contributed by atoms with E-state index >= 15 is 0 Å². The third-order valence-corrected chi connectivity index (χ3v) is 3.76. The quantitative estimate of drug-likeness (QED) is 0.738. The lowest BCUT2D eigenvalue weighted by molar-refractivity contribution is 0.215. The van der Waals surface area contributed by atoms with Crippen LogP contribution in [0.5, 0.6) is 11.5 Å². The van der Waals surface area contributed by atoms with Crippen molar-refractivity contribution in [3.63, 3.8) is 0 Å². The molecule has 0 saturated heterocycles. The second-order valence-electron chi connectivity index (χ2n) is 4.06. The van der Waals surface area contributed by atoms with Gasteiger partial charge in [-0.25, -0.2) is 0 Å². The Morgan fingerprint density at radius 2 is 1.50 bits per heavy atom. The lowest BCUT2D eigenvalue weighted by atomic mass is 10.2. The highest BCUT2D eigenvalue weighted by Gasteiger charge is 2.08. The zero-order chi connectivity index (χ0) is 14.4. The smallest absolute Gasteiger partial charge is 0.147 e. The normalized spacial score (nSPS) is 10.3. The van der Waals surface area contributed by atoms with Gasteiger partial charge in [-0.1, -0.05) is 18.2 Å². The van der Waals surface area contributed by atoms with Gasteiger partial charge in [-0.15, -0.1) is 0 Å². The van der Waals surface area contributed by atoms with Crippen molar-refractivity contribution >= 4 is 31.9 Å². The molecule has 0 amide bonds. The van der Waals surface area contributed by atoms with Gasteiger partial charge in [0, 0.05) is 0 Å². The molecule has 0 aliphatic heterocycles. The third-order valence-electron chi connectivity index (χ3n) is 2.58. The zero-order valence-corrected chi connectivity index (χ0v) is 13.9. The van der Waals surface area contributed by atoms with Crippen LogP contribution in [-0.4, -0.2) is 18.3 Å². The Hall–Kier alpha value is -1.04. The molecule has 0 saturated carbocycles. The highest BCUT2D eigenvalue weighted by atomic mass is 79.9. The fraction of sp³-hybridized carbons (Fsp3) is 0.200. The van der Waals surface area contributed by atoms with Gasteiger partial charge >= 0.3 is 0 Å². The molecule has 0 aromatic heterocycles. The van der Waals surface area contributed by atoms with Crippen molar-refractivity contribution in [2.24, 2.45) is 0 Å². The first-order chi connectivity index (χ1) is 9.70. The van der Waals surface area contributed by atoms with E-state index in [0.717, 1.165) is 20.3 Å². The summed E-state index contributed by atoms with van der Waals surface area (Å²) >= 11 is 6.86. The maximum absolute atomic E-state index is 9.12. The number of ether oxygens (including phenoxy) is 2. The lowest BCUT2D eigenvalue weighted by Gasteiger charge is -2.12. The van der Waals surface area contributed by atoms with Crippen molar-refractivity contribution in [3.8, 4) is 11.5 Å². The summed E-state index contributed by atoms with van der Waals surface area (Å²) in [6.45, 7) is 0.893. The Balaban J connectivity index is 1.88. The van der Waals surface area contributed by atoms with E-state index in [0.29, 0.717) is 19.0 Å². The van der Waals surface area contributed by atoms with Crippen LogP contribution in [0.3, 0.4) is 0 Å². The number of para-hydroxylation sites is 1. The average Bonchev–Trinajstić information content (AvgIpc) is 2.46. The summed E-state index contributed by atoms with van der Waals surface area (Å²) in [4.78, 5) is 0. The minimum absolute atomic E-state index is 0.00536. The molecule has 0 spiro atoms. The number of aliphatic hydroxyl groups is 1. The van der Waals surface area contributed by atoms with E-state index in [-0.39, 0.29) is 6.61 Å². The van der Waals surface area contributed by atoms with Crippen LogP contribution in [0.1, 0.15) is 5.56 Å². The highest BCUT2D eigenvalue weighted by Crippen LogP contribution is 2.34. The van der Waals surface area contributed by atoms with Crippen LogP contribution in [-0.2, 0) is 6.61 Å². The Bertz CT molecular complexity index is 535. The molecule has 20 heavy (non-hydrogen) atoms. The highest BCUT2D eigenvalue weighted by molar-refractivity contribution is 9.11. The van der Waals surface area contributed by atoms with Crippen molar-refractivity contribution in [2.75, 3.05) is 13.2 Å². The fourth-order valence-electron chi connectivity index (χ4n) is 1.66. The second kappa shape index (κ2) is 7.67. The van der Waals surface area contributed by atoms with E-state index in [1.165, 1.54) is 0 Å². The van der Waals surface area contributed by atoms with E-state index in [1.807, 2.05) is 42.5 Å². The summed E-state index contributed by atoms with van der Waals surface area (Å²) in [5, 5.41) is 9.12. The molecule has 1 N–H and O–H groups in total. The zero-order valence-electron chi connectivity index (χ0n) is 10.7. The molecule has 0 radical (unpaired) electrons. The van der Waals surface area contributed by atoms with Gasteiger partial charge in [0.2, 0.25) is 0 Å². The van der Waals surface area contributed by atoms with Gasteiger partial charge in [-0.05, 0) is 61.7 Å². The topological polar surface area (TPSA) is 38.7 Å². The fourth-order valence-corrected chi connectivity index (χ4v) is 3.17. The molecule has 0 unspecified atom stereocenters. The molecule has 0 aliphatic rings. The molecular weight excluding hydrogens is 388 g/mol. The Morgan fingerprint density at radius 3 is 2.10 bits per heavy atom. The van der Waals surface area contributed by atoms with E-state index in [1.54, 1.807) is 0 Å². The first kappa shape index (κ1) is 15.4. The van der Waals surface area contributed by atoms with Gasteiger partial charge in [0.15, 0.2) is 0 Å². The third kappa shape index (κ3) is 4.23. The van der Waals surface area contributed by atoms with Gasteiger partial charge in [0.1, 0.15) is 24.7 Å². The van der Waals surface area contributed by atoms with Crippen molar-refractivity contribution in [2.45, 2.75) is 6.61 Å². The number of benzene rings is 2. The largest absolute Gasteiger partial charge is 0.490 e. The molecule has 0 heterocycles. The van der Waals surface area contributed by atoms with Gasteiger partial charge in [-0.2, -0.15) is 0 Å². The Morgan fingerprint density at radius 1 is 0.900 bits per heavy atom. The van der Waals surface area contributed by atoms with Crippen LogP contribution in [0.15, 0.2) is 51.4 Å². The van der Waals surface area contributed by atoms with Crippen LogP contribution in [0.2, 0.25) is 0 Å². The van der Waals surface area contributed by atoms with Crippen LogP contribution < -0.4 is 9.47 Å². The van der Waals surface area contributed by atoms with Crippen LogP contribution in [0.4, 0.5) is 0 Å². The Kier molecular flexibility index (Phi) is 5.88.